The van der Waals surface area contributed by atoms with Crippen LogP contribution in [0, 0.1) is 0 Å². The molecule has 84 valence electrons. The molecule has 0 atom stereocenters. The van der Waals surface area contributed by atoms with E-state index >= 15 is 0 Å². The van der Waals surface area contributed by atoms with Crippen LogP contribution < -0.4 is 5.32 Å². The number of nitrogens with one attached hydrogen (secondary N) is 1. The highest BCUT2D eigenvalue weighted by molar-refractivity contribution is 8.00. The van der Waals surface area contributed by atoms with Crippen molar-refractivity contribution >= 4 is 17.7 Å². The summed E-state index contributed by atoms with van der Waals surface area (Å²) in [6.07, 6.45) is 5.99. The van der Waals surface area contributed by atoms with Crippen molar-refractivity contribution in [1.82, 2.24) is 5.32 Å². The predicted molar refractivity (Wildman–Crippen MR) is 65.6 cm³/mol. The highest BCUT2D eigenvalue weighted by Gasteiger charge is 2.39. The lowest BCUT2D eigenvalue weighted by Gasteiger charge is -2.40. The van der Waals surface area contributed by atoms with Gasteiger partial charge >= 0.3 is 0 Å². The molecule has 2 aliphatic rings. The van der Waals surface area contributed by atoms with Crippen LogP contribution in [0.15, 0.2) is 29.2 Å². The van der Waals surface area contributed by atoms with Gasteiger partial charge in [-0.15, -0.1) is 0 Å². The van der Waals surface area contributed by atoms with E-state index in [2.05, 4.69) is 11.4 Å². The molecule has 1 fully saturated rings. The van der Waals surface area contributed by atoms with Crippen molar-refractivity contribution in [2.24, 2.45) is 0 Å². The van der Waals surface area contributed by atoms with Crippen molar-refractivity contribution in [3.05, 3.63) is 29.8 Å². The summed E-state index contributed by atoms with van der Waals surface area (Å²) in [6.45, 7) is 0. The van der Waals surface area contributed by atoms with Crippen LogP contribution in [0.1, 0.15) is 42.5 Å². The second kappa shape index (κ2) is 3.81. The summed E-state index contributed by atoms with van der Waals surface area (Å²) in [5.74, 6) is 0.108. The molecule has 1 N–H and O–H groups in total. The van der Waals surface area contributed by atoms with Crippen LogP contribution in [0.2, 0.25) is 0 Å². The zero-order valence-corrected chi connectivity index (χ0v) is 9.98. The van der Waals surface area contributed by atoms with Crippen LogP contribution in [0.4, 0.5) is 0 Å². The number of rotatable bonds is 0. The van der Waals surface area contributed by atoms with E-state index in [1.165, 1.54) is 19.3 Å². The van der Waals surface area contributed by atoms with Crippen molar-refractivity contribution in [1.29, 1.82) is 0 Å². The number of carbonyl (C=O) groups excluding carboxylic acids is 1. The van der Waals surface area contributed by atoms with Crippen molar-refractivity contribution in [2.45, 2.75) is 41.9 Å². The van der Waals surface area contributed by atoms with Gasteiger partial charge in [-0.3, -0.25) is 4.79 Å². The summed E-state index contributed by atoms with van der Waals surface area (Å²) in [5.41, 5.74) is 0.837. The molecule has 0 aromatic heterocycles. The second-order valence-corrected chi connectivity index (χ2v) is 6.03. The van der Waals surface area contributed by atoms with E-state index in [4.69, 9.17) is 0 Å². The standard InChI is InChI=1S/C13H15NOS/c15-12-10-6-2-3-7-11(10)16-13(14-12)8-4-1-5-9-13/h2-3,6-7H,1,4-5,8-9H2,(H,14,15). The third-order valence-corrected chi connectivity index (χ3v) is 4.92. The summed E-state index contributed by atoms with van der Waals surface area (Å²) < 4.78 is 0. The van der Waals surface area contributed by atoms with E-state index in [0.29, 0.717) is 0 Å². The molecule has 1 aromatic carbocycles. The predicted octanol–water partition coefficient (Wildman–Crippen LogP) is 3.18. The second-order valence-electron chi connectivity index (χ2n) is 4.61. The number of thioether (sulfide) groups is 1. The molecule has 3 heteroatoms. The van der Waals surface area contributed by atoms with Crippen molar-refractivity contribution in [2.75, 3.05) is 0 Å². The Kier molecular flexibility index (Phi) is 2.43. The number of carbonyl (C=O) groups is 1. The normalized spacial score (nSPS) is 22.6. The molecule has 1 heterocycles. The molecule has 3 rings (SSSR count). The topological polar surface area (TPSA) is 29.1 Å². The summed E-state index contributed by atoms with van der Waals surface area (Å²) in [7, 11) is 0. The van der Waals surface area contributed by atoms with Crippen molar-refractivity contribution in [3.8, 4) is 0 Å². The molecule has 0 saturated heterocycles. The molecule has 1 aromatic rings. The summed E-state index contributed by atoms with van der Waals surface area (Å²) >= 11 is 1.85. The first-order chi connectivity index (χ1) is 7.79. The van der Waals surface area contributed by atoms with Crippen LogP contribution in [0.3, 0.4) is 0 Å². The average molecular weight is 233 g/mol. The van der Waals surface area contributed by atoms with Gasteiger partial charge in [0.25, 0.3) is 5.91 Å². The molecule has 0 radical (unpaired) electrons. The van der Waals surface area contributed by atoms with Gasteiger partial charge in [-0.2, -0.15) is 0 Å². The SMILES string of the molecule is O=C1NC2(CCCCC2)Sc2ccccc21. The van der Waals surface area contributed by atoms with Crippen LogP contribution in [0.25, 0.3) is 0 Å². The Morgan fingerprint density at radius 3 is 2.69 bits per heavy atom. The molecular weight excluding hydrogens is 218 g/mol. The largest absolute Gasteiger partial charge is 0.337 e. The molecule has 2 nitrogen and oxygen atoms in total. The fourth-order valence-corrected chi connectivity index (χ4v) is 4.08. The molecule has 1 amide bonds. The summed E-state index contributed by atoms with van der Waals surface area (Å²) in [6, 6.07) is 7.92. The van der Waals surface area contributed by atoms with Crippen LogP contribution in [0.5, 0.6) is 0 Å². The van der Waals surface area contributed by atoms with E-state index in [9.17, 15) is 4.79 Å². The zero-order valence-electron chi connectivity index (χ0n) is 9.16. The van der Waals surface area contributed by atoms with E-state index in [1.54, 1.807) is 0 Å². The third-order valence-electron chi connectivity index (χ3n) is 3.44. The van der Waals surface area contributed by atoms with Gasteiger partial charge in [-0.05, 0) is 25.0 Å². The molecule has 16 heavy (non-hydrogen) atoms. The average Bonchev–Trinajstić information content (AvgIpc) is 2.30. The van der Waals surface area contributed by atoms with Gasteiger partial charge in [-0.25, -0.2) is 0 Å². The van der Waals surface area contributed by atoms with E-state index < -0.39 is 0 Å². The molecule has 1 saturated carbocycles. The van der Waals surface area contributed by atoms with E-state index in [0.717, 1.165) is 23.3 Å². The summed E-state index contributed by atoms with van der Waals surface area (Å²) in [4.78, 5) is 13.2. The number of amides is 1. The zero-order chi connectivity index (χ0) is 11.0. The van der Waals surface area contributed by atoms with Gasteiger partial charge in [0.15, 0.2) is 0 Å². The first-order valence-electron chi connectivity index (χ1n) is 5.90. The Morgan fingerprint density at radius 1 is 1.12 bits per heavy atom. The van der Waals surface area contributed by atoms with Gasteiger partial charge in [-0.1, -0.05) is 43.2 Å². The van der Waals surface area contributed by atoms with Gasteiger partial charge < -0.3 is 5.32 Å². The molecule has 0 bridgehead atoms. The Morgan fingerprint density at radius 2 is 1.88 bits per heavy atom. The maximum Gasteiger partial charge on any atom is 0.253 e. The van der Waals surface area contributed by atoms with Crippen LogP contribution in [-0.2, 0) is 0 Å². The molecular formula is C13H15NOS. The Labute approximate surface area is 99.8 Å². The van der Waals surface area contributed by atoms with Gasteiger partial charge in [0.2, 0.25) is 0 Å². The highest BCUT2D eigenvalue weighted by Crippen LogP contribution is 2.45. The Hall–Kier alpha value is -0.960. The number of fused-ring (bicyclic) bond motifs is 1. The third kappa shape index (κ3) is 1.63. The quantitative estimate of drug-likeness (QED) is 0.745. The monoisotopic (exact) mass is 233 g/mol. The minimum atomic E-state index is -0.0102. The molecule has 0 unspecified atom stereocenters. The molecule has 1 spiro atoms. The van der Waals surface area contributed by atoms with E-state index in [1.807, 2.05) is 30.0 Å². The van der Waals surface area contributed by atoms with Crippen molar-refractivity contribution < 1.29 is 4.79 Å². The Bertz CT molecular complexity index is 424. The van der Waals surface area contributed by atoms with Gasteiger partial charge in [0, 0.05) is 4.90 Å². The van der Waals surface area contributed by atoms with Crippen molar-refractivity contribution in [3.63, 3.8) is 0 Å². The van der Waals surface area contributed by atoms with Crippen LogP contribution >= 0.6 is 11.8 Å². The van der Waals surface area contributed by atoms with E-state index in [-0.39, 0.29) is 10.8 Å². The molecule has 1 aliphatic carbocycles. The maximum absolute atomic E-state index is 12.0. The van der Waals surface area contributed by atoms with Gasteiger partial charge in [0.05, 0.1) is 10.4 Å². The first-order valence-corrected chi connectivity index (χ1v) is 6.71. The van der Waals surface area contributed by atoms with Gasteiger partial charge in [0.1, 0.15) is 0 Å². The maximum atomic E-state index is 12.0. The lowest BCUT2D eigenvalue weighted by atomic mass is 9.94. The first kappa shape index (κ1) is 10.2. The van der Waals surface area contributed by atoms with Crippen LogP contribution in [-0.4, -0.2) is 10.8 Å². The minimum absolute atomic E-state index is 0.0102. The summed E-state index contributed by atoms with van der Waals surface area (Å²) in [5, 5.41) is 3.21. The fourth-order valence-electron chi connectivity index (χ4n) is 2.60. The number of hydrogen-bond donors (Lipinski definition) is 1. The lowest BCUT2D eigenvalue weighted by Crippen LogP contribution is -2.49. The Balaban J connectivity index is 1.96. The smallest absolute Gasteiger partial charge is 0.253 e. The number of hydrogen-bond acceptors (Lipinski definition) is 2. The molecule has 1 aliphatic heterocycles. The number of benzene rings is 1. The fraction of sp³-hybridized carbons (Fsp3) is 0.462. The lowest BCUT2D eigenvalue weighted by molar-refractivity contribution is 0.0908. The highest BCUT2D eigenvalue weighted by atomic mass is 32.2. The minimum Gasteiger partial charge on any atom is -0.337 e.